The lowest BCUT2D eigenvalue weighted by Crippen LogP contribution is -2.46. The van der Waals surface area contributed by atoms with E-state index in [1.54, 1.807) is 21.7 Å². The van der Waals surface area contributed by atoms with Crippen LogP contribution in [0.1, 0.15) is 18.4 Å². The number of hydrogen-bond acceptors (Lipinski definition) is 6. The minimum Gasteiger partial charge on any atom is -0.490 e. The molecule has 1 saturated heterocycles. The molecule has 1 fully saturated rings. The van der Waals surface area contributed by atoms with Gasteiger partial charge in [0.25, 0.3) is 5.56 Å². The maximum atomic E-state index is 13.2. The second-order valence-electron chi connectivity index (χ2n) is 7.16. The summed E-state index contributed by atoms with van der Waals surface area (Å²) in [6.45, 7) is 0.728. The Morgan fingerprint density at radius 1 is 1.13 bits per heavy atom. The molecule has 1 aliphatic rings. The molecular weight excluding hydrogens is 433 g/mol. The first-order chi connectivity index (χ1) is 14.8. The number of nitrogens with zero attached hydrogens (tertiary/aromatic N) is 4. The van der Waals surface area contributed by atoms with Crippen LogP contribution in [0.4, 0.5) is 19.0 Å². The first-order valence-corrected chi connectivity index (χ1v) is 10.5. The molecule has 31 heavy (non-hydrogen) atoms. The lowest BCUT2D eigenvalue weighted by Gasteiger charge is -2.33. The molecule has 3 heterocycles. The van der Waals surface area contributed by atoms with Gasteiger partial charge in [0.1, 0.15) is 11.9 Å². The molecule has 1 aromatic carbocycles. The van der Waals surface area contributed by atoms with Crippen LogP contribution in [-0.2, 0) is 13.2 Å². The predicted molar refractivity (Wildman–Crippen MR) is 110 cm³/mol. The minimum absolute atomic E-state index is 0.127. The van der Waals surface area contributed by atoms with E-state index < -0.39 is 29.1 Å². The fourth-order valence-corrected chi connectivity index (χ4v) is 4.09. The zero-order valence-electron chi connectivity index (χ0n) is 16.5. The molecule has 4 rings (SSSR count). The van der Waals surface area contributed by atoms with Crippen molar-refractivity contribution in [3.63, 3.8) is 0 Å². The van der Waals surface area contributed by atoms with Crippen molar-refractivity contribution in [2.75, 3.05) is 18.0 Å². The van der Waals surface area contributed by atoms with Crippen LogP contribution in [0, 0.1) is 0 Å². The largest absolute Gasteiger partial charge is 0.490 e. The Morgan fingerprint density at radius 2 is 1.84 bits per heavy atom. The Morgan fingerprint density at radius 3 is 2.48 bits per heavy atom. The quantitative estimate of drug-likeness (QED) is 0.609. The van der Waals surface area contributed by atoms with Gasteiger partial charge in [-0.1, -0.05) is 12.1 Å². The van der Waals surface area contributed by atoms with Gasteiger partial charge < -0.3 is 9.64 Å². The van der Waals surface area contributed by atoms with Gasteiger partial charge in [-0.05, 0) is 23.6 Å². The van der Waals surface area contributed by atoms with Crippen LogP contribution in [-0.4, -0.2) is 33.5 Å². The number of anilines is 1. The molecule has 0 spiro atoms. The number of thiophene rings is 1. The summed E-state index contributed by atoms with van der Waals surface area (Å²) in [6.07, 6.45) is -4.10. The minimum atomic E-state index is -4.50. The average Bonchev–Trinajstić information content (AvgIpc) is 3.27. The van der Waals surface area contributed by atoms with Gasteiger partial charge in [-0.25, -0.2) is 4.79 Å². The van der Waals surface area contributed by atoms with Crippen molar-refractivity contribution in [3.8, 4) is 11.4 Å². The Balaban J connectivity index is 1.53. The summed E-state index contributed by atoms with van der Waals surface area (Å²) in [5.74, 6) is -0.0732. The molecule has 3 aromatic rings. The predicted octanol–water partition coefficient (Wildman–Crippen LogP) is 3.06. The number of rotatable bonds is 4. The number of benzene rings is 1. The first kappa shape index (κ1) is 21.2. The van der Waals surface area contributed by atoms with E-state index in [1.165, 1.54) is 41.3 Å². The Kier molecular flexibility index (Phi) is 5.61. The highest BCUT2D eigenvalue weighted by Crippen LogP contribution is 2.37. The van der Waals surface area contributed by atoms with Crippen molar-refractivity contribution >= 4 is 17.2 Å². The molecule has 0 bridgehead atoms. The molecule has 0 amide bonds. The zero-order valence-corrected chi connectivity index (χ0v) is 17.3. The molecule has 2 aromatic heterocycles. The van der Waals surface area contributed by atoms with E-state index in [0.29, 0.717) is 31.6 Å². The Bertz CT molecular complexity index is 1180. The first-order valence-electron chi connectivity index (χ1n) is 9.56. The average molecular weight is 452 g/mol. The van der Waals surface area contributed by atoms with Crippen LogP contribution >= 0.6 is 11.3 Å². The normalized spacial score (nSPS) is 15.3. The third-order valence-corrected chi connectivity index (χ3v) is 5.81. The summed E-state index contributed by atoms with van der Waals surface area (Å²) in [4.78, 5) is 26.8. The number of piperidine rings is 1. The van der Waals surface area contributed by atoms with E-state index in [4.69, 9.17) is 4.74 Å². The van der Waals surface area contributed by atoms with E-state index >= 15 is 0 Å². The number of hydrogen-bond donors (Lipinski definition) is 0. The van der Waals surface area contributed by atoms with Gasteiger partial charge in [-0.3, -0.25) is 9.36 Å². The van der Waals surface area contributed by atoms with E-state index in [0.717, 1.165) is 10.6 Å². The van der Waals surface area contributed by atoms with Crippen molar-refractivity contribution < 1.29 is 17.9 Å². The fraction of sp³-hybridized carbons (Fsp3) is 0.350. The van der Waals surface area contributed by atoms with Gasteiger partial charge in [-0.2, -0.15) is 29.2 Å². The maximum Gasteiger partial charge on any atom is 0.419 e. The standard InChI is InChI=1S/C20H19F3N4O3S/c1-25-18(28)17(24-27(19(25)29)13-8-11-31-12-13)26-9-6-14(7-10-26)30-16-5-3-2-4-15(16)20(21,22)23/h2-5,8,11-12,14H,6-7,9-10H2,1H3. The van der Waals surface area contributed by atoms with Crippen LogP contribution in [0.25, 0.3) is 5.69 Å². The number of aromatic nitrogens is 3. The fourth-order valence-electron chi connectivity index (χ4n) is 3.47. The molecule has 0 unspecified atom stereocenters. The summed E-state index contributed by atoms with van der Waals surface area (Å²) in [7, 11) is 1.39. The summed E-state index contributed by atoms with van der Waals surface area (Å²) in [5, 5.41) is 7.82. The zero-order chi connectivity index (χ0) is 22.2. The highest BCUT2D eigenvalue weighted by atomic mass is 32.1. The lowest BCUT2D eigenvalue weighted by atomic mass is 10.1. The monoisotopic (exact) mass is 452 g/mol. The van der Waals surface area contributed by atoms with Crippen LogP contribution in [0.2, 0.25) is 0 Å². The van der Waals surface area contributed by atoms with Crippen LogP contribution < -0.4 is 20.9 Å². The second kappa shape index (κ2) is 8.22. The molecule has 0 radical (unpaired) electrons. The Hall–Kier alpha value is -3.08. The highest BCUT2D eigenvalue weighted by molar-refractivity contribution is 7.08. The Labute approximate surface area is 178 Å². The lowest BCUT2D eigenvalue weighted by molar-refractivity contribution is -0.139. The molecule has 0 N–H and O–H groups in total. The summed E-state index contributed by atoms with van der Waals surface area (Å²) >= 11 is 1.40. The molecule has 1 aliphatic heterocycles. The SMILES string of the molecule is Cn1c(=O)c(N2CCC(Oc3ccccc3C(F)(F)F)CC2)nn(-c2ccsc2)c1=O. The topological polar surface area (TPSA) is 69.4 Å². The third-order valence-electron chi connectivity index (χ3n) is 5.14. The molecule has 0 aliphatic carbocycles. The molecule has 0 saturated carbocycles. The van der Waals surface area contributed by atoms with Gasteiger partial charge in [0.15, 0.2) is 0 Å². The van der Waals surface area contributed by atoms with Crippen molar-refractivity contribution in [3.05, 3.63) is 67.5 Å². The van der Waals surface area contributed by atoms with Crippen LogP contribution in [0.15, 0.2) is 50.7 Å². The second-order valence-corrected chi connectivity index (χ2v) is 7.94. The van der Waals surface area contributed by atoms with Gasteiger partial charge in [0.2, 0.25) is 5.82 Å². The van der Waals surface area contributed by atoms with Crippen molar-refractivity contribution in [2.24, 2.45) is 7.05 Å². The molecule has 11 heteroatoms. The summed E-state index contributed by atoms with van der Waals surface area (Å²) in [6, 6.07) is 6.85. The van der Waals surface area contributed by atoms with Gasteiger partial charge in [0, 0.05) is 38.4 Å². The third kappa shape index (κ3) is 4.22. The molecule has 164 valence electrons. The van der Waals surface area contributed by atoms with E-state index in [1.807, 2.05) is 0 Å². The number of alkyl halides is 3. The molecule has 7 nitrogen and oxygen atoms in total. The van der Waals surface area contributed by atoms with Gasteiger partial charge >= 0.3 is 11.9 Å². The molecule has 0 atom stereocenters. The van der Waals surface area contributed by atoms with Gasteiger partial charge in [0.05, 0.1) is 11.3 Å². The van der Waals surface area contributed by atoms with Gasteiger partial charge in [-0.15, -0.1) is 5.10 Å². The summed E-state index contributed by atoms with van der Waals surface area (Å²) < 4.78 is 47.4. The van der Waals surface area contributed by atoms with E-state index in [-0.39, 0.29) is 11.6 Å². The number of para-hydroxylation sites is 1. The van der Waals surface area contributed by atoms with E-state index in [2.05, 4.69) is 5.10 Å². The maximum absolute atomic E-state index is 13.2. The summed E-state index contributed by atoms with van der Waals surface area (Å²) in [5.41, 5.74) is -1.31. The number of ether oxygens (including phenoxy) is 1. The van der Waals surface area contributed by atoms with Crippen molar-refractivity contribution in [2.45, 2.75) is 25.1 Å². The van der Waals surface area contributed by atoms with E-state index in [9.17, 15) is 22.8 Å². The molecular formula is C20H19F3N4O3S. The van der Waals surface area contributed by atoms with Crippen molar-refractivity contribution in [1.82, 2.24) is 14.3 Å². The number of halogens is 3. The van der Waals surface area contributed by atoms with Crippen LogP contribution in [0.3, 0.4) is 0 Å². The highest BCUT2D eigenvalue weighted by Gasteiger charge is 2.35. The van der Waals surface area contributed by atoms with Crippen LogP contribution in [0.5, 0.6) is 5.75 Å². The van der Waals surface area contributed by atoms with Crippen molar-refractivity contribution in [1.29, 1.82) is 0 Å². The smallest absolute Gasteiger partial charge is 0.419 e.